The molecule has 0 fully saturated rings. The molecule has 2 aromatic carbocycles. The van der Waals surface area contributed by atoms with Crippen molar-refractivity contribution >= 4 is 10.9 Å². The van der Waals surface area contributed by atoms with Crippen LogP contribution in [0.15, 0.2) is 48.5 Å². The number of nitrogens with zero attached hydrogens (tertiary/aromatic N) is 2. The van der Waals surface area contributed by atoms with Crippen LogP contribution in [0.3, 0.4) is 0 Å². The Bertz CT molecular complexity index is 907. The number of para-hydroxylation sites is 1. The van der Waals surface area contributed by atoms with E-state index in [1.807, 2.05) is 6.07 Å². The average Bonchev–Trinajstić information content (AvgIpc) is 2.88. The molecule has 2 nitrogen and oxygen atoms in total. The first-order valence-corrected chi connectivity index (χ1v) is 8.37. The molecule has 0 spiro atoms. The van der Waals surface area contributed by atoms with E-state index >= 15 is 0 Å². The SMILES string of the molecule is Cn1c2c(c3ccccc31)CN(Cc1ccc(C(F)(F)F)cc1)CC2. The highest BCUT2D eigenvalue weighted by Gasteiger charge is 2.30. The minimum atomic E-state index is -4.28. The first kappa shape index (κ1) is 16.2. The molecule has 1 aliphatic heterocycles. The van der Waals surface area contributed by atoms with Crippen LogP contribution in [0.5, 0.6) is 0 Å². The smallest absolute Gasteiger partial charge is 0.347 e. The Balaban J connectivity index is 1.56. The highest BCUT2D eigenvalue weighted by Crippen LogP contribution is 2.31. The van der Waals surface area contributed by atoms with Gasteiger partial charge in [-0.3, -0.25) is 4.90 Å². The van der Waals surface area contributed by atoms with Gasteiger partial charge in [0.2, 0.25) is 0 Å². The van der Waals surface area contributed by atoms with Crippen molar-refractivity contribution in [3.8, 4) is 0 Å². The van der Waals surface area contributed by atoms with E-state index in [1.54, 1.807) is 12.1 Å². The summed E-state index contributed by atoms with van der Waals surface area (Å²) in [5.41, 5.74) is 4.27. The number of rotatable bonds is 2. The molecule has 2 heterocycles. The zero-order valence-electron chi connectivity index (χ0n) is 14.0. The number of aryl methyl sites for hydroxylation is 1. The fraction of sp³-hybridized carbons (Fsp3) is 0.300. The number of halogens is 3. The third-order valence-electron chi connectivity index (χ3n) is 5.08. The van der Waals surface area contributed by atoms with Crippen molar-refractivity contribution in [3.05, 3.63) is 70.9 Å². The van der Waals surface area contributed by atoms with Gasteiger partial charge in [0.05, 0.1) is 5.56 Å². The van der Waals surface area contributed by atoms with Crippen LogP contribution >= 0.6 is 0 Å². The third kappa shape index (κ3) is 2.93. The Kier molecular flexibility index (Phi) is 3.84. The molecular formula is C20H19F3N2. The Hall–Kier alpha value is -2.27. The summed E-state index contributed by atoms with van der Waals surface area (Å²) in [5.74, 6) is 0. The van der Waals surface area contributed by atoms with Crippen LogP contribution < -0.4 is 0 Å². The van der Waals surface area contributed by atoms with Gasteiger partial charge in [0, 0.05) is 49.7 Å². The Morgan fingerprint density at radius 1 is 1.00 bits per heavy atom. The van der Waals surface area contributed by atoms with Crippen molar-refractivity contribution in [1.29, 1.82) is 0 Å². The molecule has 0 atom stereocenters. The summed E-state index contributed by atoms with van der Waals surface area (Å²) >= 11 is 0. The van der Waals surface area contributed by atoms with Crippen LogP contribution in [-0.2, 0) is 32.7 Å². The number of alkyl halides is 3. The van der Waals surface area contributed by atoms with Crippen molar-refractivity contribution in [1.82, 2.24) is 9.47 Å². The third-order valence-corrected chi connectivity index (χ3v) is 5.08. The lowest BCUT2D eigenvalue weighted by Crippen LogP contribution is -2.30. The van der Waals surface area contributed by atoms with Gasteiger partial charge in [0.25, 0.3) is 0 Å². The van der Waals surface area contributed by atoms with Crippen molar-refractivity contribution in [2.45, 2.75) is 25.7 Å². The van der Waals surface area contributed by atoms with Crippen molar-refractivity contribution in [2.24, 2.45) is 7.05 Å². The second-order valence-corrected chi connectivity index (χ2v) is 6.66. The van der Waals surface area contributed by atoms with Crippen molar-refractivity contribution in [2.75, 3.05) is 6.54 Å². The van der Waals surface area contributed by atoms with E-state index in [2.05, 4.69) is 34.7 Å². The van der Waals surface area contributed by atoms with Crippen molar-refractivity contribution < 1.29 is 13.2 Å². The summed E-state index contributed by atoms with van der Waals surface area (Å²) in [6.45, 7) is 2.41. The fourth-order valence-corrected chi connectivity index (χ4v) is 3.78. The standard InChI is InChI=1S/C20H19F3N2/c1-24-18-5-3-2-4-16(18)17-13-25(11-10-19(17)24)12-14-6-8-15(9-7-14)20(21,22)23/h2-9H,10-13H2,1H3. The molecule has 0 aliphatic carbocycles. The fourth-order valence-electron chi connectivity index (χ4n) is 3.78. The normalized spacial score (nSPS) is 15.5. The Labute approximate surface area is 144 Å². The van der Waals surface area contributed by atoms with Crippen LogP contribution in [0.25, 0.3) is 10.9 Å². The molecule has 0 saturated carbocycles. The van der Waals surface area contributed by atoms with Gasteiger partial charge < -0.3 is 4.57 Å². The highest BCUT2D eigenvalue weighted by molar-refractivity contribution is 5.85. The molecule has 25 heavy (non-hydrogen) atoms. The maximum atomic E-state index is 12.7. The summed E-state index contributed by atoms with van der Waals surface area (Å²) in [6, 6.07) is 13.9. The summed E-state index contributed by atoms with van der Waals surface area (Å²) in [4.78, 5) is 2.30. The van der Waals surface area contributed by atoms with Gasteiger partial charge in [-0.15, -0.1) is 0 Å². The minimum Gasteiger partial charge on any atom is -0.347 e. The van der Waals surface area contributed by atoms with Crippen LogP contribution in [0, 0.1) is 0 Å². The zero-order chi connectivity index (χ0) is 17.6. The molecule has 130 valence electrons. The largest absolute Gasteiger partial charge is 0.416 e. The Morgan fingerprint density at radius 2 is 1.72 bits per heavy atom. The van der Waals surface area contributed by atoms with E-state index in [1.165, 1.54) is 34.3 Å². The average molecular weight is 344 g/mol. The van der Waals surface area contributed by atoms with Crippen LogP contribution in [0.4, 0.5) is 13.2 Å². The molecule has 0 N–H and O–H groups in total. The second-order valence-electron chi connectivity index (χ2n) is 6.66. The lowest BCUT2D eigenvalue weighted by molar-refractivity contribution is -0.137. The first-order chi connectivity index (χ1) is 11.9. The summed E-state index contributed by atoms with van der Waals surface area (Å²) in [6.07, 6.45) is -3.32. The van der Waals surface area contributed by atoms with Gasteiger partial charge in [-0.2, -0.15) is 13.2 Å². The Morgan fingerprint density at radius 3 is 2.44 bits per heavy atom. The van der Waals surface area contributed by atoms with Gasteiger partial charge in [-0.25, -0.2) is 0 Å². The maximum Gasteiger partial charge on any atom is 0.416 e. The lowest BCUT2D eigenvalue weighted by Gasteiger charge is -2.28. The molecule has 3 aromatic rings. The number of hydrogen-bond acceptors (Lipinski definition) is 1. The van der Waals surface area contributed by atoms with Gasteiger partial charge in [-0.05, 0) is 29.3 Å². The number of hydrogen-bond donors (Lipinski definition) is 0. The van der Waals surface area contributed by atoms with E-state index in [4.69, 9.17) is 0 Å². The molecule has 1 aliphatic rings. The second kappa shape index (κ2) is 5.92. The predicted molar refractivity (Wildman–Crippen MR) is 92.2 cm³/mol. The molecule has 0 amide bonds. The van der Waals surface area contributed by atoms with Crippen molar-refractivity contribution in [3.63, 3.8) is 0 Å². The molecule has 0 unspecified atom stereocenters. The number of aromatic nitrogens is 1. The van der Waals surface area contributed by atoms with E-state index in [-0.39, 0.29) is 0 Å². The van der Waals surface area contributed by atoms with E-state index in [9.17, 15) is 13.2 Å². The zero-order valence-corrected chi connectivity index (χ0v) is 14.0. The van der Waals surface area contributed by atoms with Gasteiger partial charge >= 0.3 is 6.18 Å². The monoisotopic (exact) mass is 344 g/mol. The van der Waals surface area contributed by atoms with Crippen LogP contribution in [0.2, 0.25) is 0 Å². The number of fused-ring (bicyclic) bond motifs is 3. The molecule has 0 radical (unpaired) electrons. The van der Waals surface area contributed by atoms with E-state index in [0.717, 1.165) is 25.1 Å². The summed E-state index contributed by atoms with van der Waals surface area (Å²) < 4.78 is 40.3. The summed E-state index contributed by atoms with van der Waals surface area (Å²) in [7, 11) is 2.10. The number of benzene rings is 2. The first-order valence-electron chi connectivity index (χ1n) is 8.37. The molecule has 0 bridgehead atoms. The minimum absolute atomic E-state index is 0.591. The van der Waals surface area contributed by atoms with Gasteiger partial charge in [-0.1, -0.05) is 30.3 Å². The molecule has 0 saturated heterocycles. The maximum absolute atomic E-state index is 12.7. The molecule has 5 heteroatoms. The van der Waals surface area contributed by atoms with Crippen LogP contribution in [-0.4, -0.2) is 16.0 Å². The summed E-state index contributed by atoms with van der Waals surface area (Å²) in [5, 5.41) is 1.28. The molecule has 4 rings (SSSR count). The van der Waals surface area contributed by atoms with E-state index in [0.29, 0.717) is 6.54 Å². The lowest BCUT2D eigenvalue weighted by atomic mass is 10.0. The topological polar surface area (TPSA) is 8.17 Å². The van der Waals surface area contributed by atoms with E-state index < -0.39 is 11.7 Å². The van der Waals surface area contributed by atoms with Gasteiger partial charge in [0.15, 0.2) is 0 Å². The molecule has 1 aromatic heterocycles. The molecular weight excluding hydrogens is 325 g/mol. The van der Waals surface area contributed by atoms with Gasteiger partial charge in [0.1, 0.15) is 0 Å². The van der Waals surface area contributed by atoms with Crippen LogP contribution in [0.1, 0.15) is 22.4 Å². The predicted octanol–water partition coefficient (Wildman–Crippen LogP) is 4.76. The quantitative estimate of drug-likeness (QED) is 0.651. The highest BCUT2D eigenvalue weighted by atomic mass is 19.4.